The maximum Gasteiger partial charge on any atom is 0.280 e. The van der Waals surface area contributed by atoms with Crippen molar-refractivity contribution in [1.29, 1.82) is 0 Å². The summed E-state index contributed by atoms with van der Waals surface area (Å²) in [6.45, 7) is -1.38. The molecule has 7 unspecified atom stereocenters. The lowest BCUT2D eigenvalue weighted by Gasteiger charge is -2.37. The quantitative estimate of drug-likeness (QED) is 0.185. The minimum Gasteiger partial charge on any atom is -0.790 e. The van der Waals surface area contributed by atoms with Crippen LogP contribution in [0.25, 0.3) is 11.2 Å². The molecule has 1 saturated heterocycles. The molecule has 0 aliphatic carbocycles. The molecule has 3 heterocycles. The topological polar surface area (TPSA) is 360 Å². The molecule has 0 amide bonds. The van der Waals surface area contributed by atoms with Crippen LogP contribution in [0.1, 0.15) is 6.23 Å². The van der Waals surface area contributed by atoms with Crippen LogP contribution in [0.4, 0.5) is 5.95 Å². The fraction of sp³-hybridized carbons (Fsp3) is 0.500. The summed E-state index contributed by atoms with van der Waals surface area (Å²) in [5, 5.41) is 10.6. The van der Waals surface area contributed by atoms with Crippen LogP contribution in [-0.4, -0.2) is 54.4 Å². The SMILES string of the molecule is Nc1nc2c(ncn2C2OC(COP(=O)([O-])OP(=O)([O-])O)C(OP(=O)([O-])OP(=O)([O-])[O-])C2O)c(=O)[nH]1. The summed E-state index contributed by atoms with van der Waals surface area (Å²) in [7, 11) is -24.0. The Morgan fingerprint density at radius 1 is 1.14 bits per heavy atom. The monoisotopic (exact) mass is 598 g/mol. The van der Waals surface area contributed by atoms with Crippen LogP contribution in [0.3, 0.4) is 0 Å². The number of imidazole rings is 1. The number of hydrogen-bond acceptors (Lipinski definition) is 19. The molecule has 2 aromatic rings. The van der Waals surface area contributed by atoms with E-state index in [1.165, 1.54) is 0 Å². The second-order valence-electron chi connectivity index (χ2n) is 6.67. The third-order valence-electron chi connectivity index (χ3n) is 4.09. The number of nitrogens with two attached hydrogens (primary N) is 1. The summed E-state index contributed by atoms with van der Waals surface area (Å²) in [5.74, 6) is -0.427. The lowest BCUT2D eigenvalue weighted by Crippen LogP contribution is -2.37. The van der Waals surface area contributed by atoms with Crippen molar-refractivity contribution in [1.82, 2.24) is 19.5 Å². The molecule has 2 aromatic heterocycles. The molecule has 22 nitrogen and oxygen atoms in total. The molecule has 36 heavy (non-hydrogen) atoms. The summed E-state index contributed by atoms with van der Waals surface area (Å²) < 4.78 is 66.0. The van der Waals surface area contributed by atoms with Gasteiger partial charge in [-0.05, 0) is 0 Å². The molecule has 0 aromatic carbocycles. The van der Waals surface area contributed by atoms with E-state index in [1.54, 1.807) is 0 Å². The number of aromatic amines is 1. The first-order valence-electron chi connectivity index (χ1n) is 8.76. The maximum atomic E-state index is 12.0. The second kappa shape index (κ2) is 10.0. The predicted octanol–water partition coefficient (Wildman–Crippen LogP) is -5.38. The number of ether oxygens (including phenoxy) is 1. The van der Waals surface area contributed by atoms with Gasteiger partial charge >= 0.3 is 0 Å². The number of nitrogens with zero attached hydrogens (tertiary/aromatic N) is 3. The van der Waals surface area contributed by atoms with Gasteiger partial charge in [0.2, 0.25) is 5.95 Å². The summed E-state index contributed by atoms with van der Waals surface area (Å²) in [6, 6.07) is 0. The van der Waals surface area contributed by atoms with Gasteiger partial charge in [-0.2, -0.15) is 4.98 Å². The van der Waals surface area contributed by atoms with Crippen LogP contribution in [0, 0.1) is 0 Å². The number of aromatic nitrogens is 4. The predicted molar refractivity (Wildman–Crippen MR) is 98.1 cm³/mol. The first-order chi connectivity index (χ1) is 16.3. The van der Waals surface area contributed by atoms with Crippen LogP contribution in [0.15, 0.2) is 11.1 Å². The first kappa shape index (κ1) is 29.2. The Kier molecular flexibility index (Phi) is 8.14. The highest BCUT2D eigenvalue weighted by Crippen LogP contribution is 2.55. The molecule has 0 saturated carbocycles. The summed E-state index contributed by atoms with van der Waals surface area (Å²) in [4.78, 5) is 85.5. The van der Waals surface area contributed by atoms with Gasteiger partial charge in [-0.3, -0.25) is 32.4 Å². The number of hydrogen-bond donors (Lipinski definition) is 4. The Morgan fingerprint density at radius 3 is 2.36 bits per heavy atom. The summed E-state index contributed by atoms with van der Waals surface area (Å²) >= 11 is 0. The number of phosphoric acid groups is 4. The molecule has 7 atom stereocenters. The van der Waals surface area contributed by atoms with Crippen molar-refractivity contribution >= 4 is 48.4 Å². The van der Waals surface area contributed by atoms with Gasteiger partial charge in [0.05, 0.1) is 20.8 Å². The Balaban J connectivity index is 1.95. The fourth-order valence-corrected chi connectivity index (χ4v) is 6.17. The van der Waals surface area contributed by atoms with E-state index in [-0.39, 0.29) is 11.2 Å². The van der Waals surface area contributed by atoms with Crippen molar-refractivity contribution in [2.45, 2.75) is 24.5 Å². The number of H-pyrrole nitrogens is 1. The highest BCUT2D eigenvalue weighted by molar-refractivity contribution is 7.59. The number of anilines is 1. The molecule has 26 heteroatoms. The average molecular weight is 598 g/mol. The lowest BCUT2D eigenvalue weighted by molar-refractivity contribution is -0.340. The van der Waals surface area contributed by atoms with Crippen LogP contribution in [-0.2, 0) is 40.7 Å². The molecular formula is C10H12N5O17P4-5. The van der Waals surface area contributed by atoms with Gasteiger partial charge in [-0.1, -0.05) is 0 Å². The normalized spacial score (nSPS) is 28.0. The second-order valence-corrected chi connectivity index (χ2v) is 12.1. The minimum atomic E-state index is -6.20. The molecule has 204 valence electrons. The Hall–Kier alpha value is -1.41. The Bertz CT molecular complexity index is 1380. The van der Waals surface area contributed by atoms with Gasteiger partial charge < -0.3 is 58.6 Å². The molecular weight excluding hydrogens is 586 g/mol. The number of rotatable bonds is 10. The van der Waals surface area contributed by atoms with Gasteiger partial charge in [0.1, 0.15) is 18.3 Å². The van der Waals surface area contributed by atoms with E-state index < -0.39 is 73.9 Å². The van der Waals surface area contributed by atoms with Gasteiger partial charge in [-0.25, -0.2) is 9.29 Å². The molecule has 0 bridgehead atoms. The number of aliphatic hydroxyl groups is 1. The number of fused-ring (bicyclic) bond motifs is 1. The highest BCUT2D eigenvalue weighted by atomic mass is 31.3. The molecule has 1 aliphatic rings. The third-order valence-corrected chi connectivity index (χ3v) is 8.28. The zero-order valence-electron chi connectivity index (χ0n) is 16.8. The van der Waals surface area contributed by atoms with E-state index in [0.29, 0.717) is 0 Å². The molecule has 1 aliphatic heterocycles. The van der Waals surface area contributed by atoms with Crippen LogP contribution >= 0.6 is 31.3 Å². The van der Waals surface area contributed by atoms with Crippen molar-refractivity contribution in [3.05, 3.63) is 16.7 Å². The standard InChI is InChI=1S/C10H17N5O17P4/c11-10-13-7-4(8(17)14-10)12-2-15(7)9-5(16)6(30-36(26,27)32-34(21,22)23)3(29-9)1-28-35(24,25)31-33(18,19)20/h2-3,5-6,9,16H,1H2,(H,24,25)(H,26,27)(H2,18,19,20)(H2,21,22,23)(H3,11,13,14,17)/p-5. The van der Waals surface area contributed by atoms with Gasteiger partial charge in [0, 0.05) is 0 Å². The zero-order valence-corrected chi connectivity index (χ0v) is 20.4. The molecule has 0 spiro atoms. The molecule has 0 radical (unpaired) electrons. The minimum absolute atomic E-state index is 0.337. The van der Waals surface area contributed by atoms with Gasteiger partial charge in [-0.15, -0.1) is 0 Å². The van der Waals surface area contributed by atoms with E-state index in [4.69, 9.17) is 15.4 Å². The Morgan fingerprint density at radius 2 is 1.78 bits per heavy atom. The third kappa shape index (κ3) is 7.33. The Labute approximate surface area is 197 Å². The largest absolute Gasteiger partial charge is 0.790 e. The van der Waals surface area contributed by atoms with Crippen LogP contribution in [0.5, 0.6) is 0 Å². The number of nitrogen functional groups attached to an aromatic ring is 1. The smallest absolute Gasteiger partial charge is 0.280 e. The maximum absolute atomic E-state index is 12.0. The van der Waals surface area contributed by atoms with Gasteiger partial charge in [0.15, 0.2) is 17.4 Å². The summed E-state index contributed by atoms with van der Waals surface area (Å²) in [6.07, 6.45) is -7.48. The van der Waals surface area contributed by atoms with E-state index in [1.807, 2.05) is 0 Å². The van der Waals surface area contributed by atoms with Crippen molar-refractivity contribution < 1.29 is 75.1 Å². The van der Waals surface area contributed by atoms with E-state index in [9.17, 15) is 52.6 Å². The highest BCUT2D eigenvalue weighted by Gasteiger charge is 2.48. The lowest BCUT2D eigenvalue weighted by atomic mass is 10.1. The van der Waals surface area contributed by atoms with Crippen molar-refractivity contribution in [3.63, 3.8) is 0 Å². The van der Waals surface area contributed by atoms with Crippen LogP contribution < -0.4 is 35.8 Å². The zero-order chi connectivity index (χ0) is 27.3. The van der Waals surface area contributed by atoms with Crippen molar-refractivity contribution in [3.8, 4) is 0 Å². The number of phosphoric ester groups is 2. The summed E-state index contributed by atoms with van der Waals surface area (Å²) in [5.41, 5.74) is 3.92. The fourth-order valence-electron chi connectivity index (χ4n) is 2.95. The average Bonchev–Trinajstić information content (AvgIpc) is 3.18. The number of nitrogens with one attached hydrogen (secondary N) is 1. The van der Waals surface area contributed by atoms with E-state index >= 15 is 0 Å². The van der Waals surface area contributed by atoms with Gasteiger partial charge in [0.25, 0.3) is 29.0 Å². The molecule has 1 fully saturated rings. The van der Waals surface area contributed by atoms with Crippen LogP contribution in [0.2, 0.25) is 0 Å². The molecule has 3 rings (SSSR count). The van der Waals surface area contributed by atoms with Crippen molar-refractivity contribution in [2.75, 3.05) is 12.3 Å². The number of aliphatic hydroxyl groups excluding tert-OH is 1. The molecule has 5 N–H and O–H groups in total. The van der Waals surface area contributed by atoms with E-state index in [0.717, 1.165) is 10.9 Å². The first-order valence-corrected chi connectivity index (χ1v) is 14.6. The van der Waals surface area contributed by atoms with Crippen molar-refractivity contribution in [2.24, 2.45) is 0 Å². The van der Waals surface area contributed by atoms with E-state index in [2.05, 4.69) is 32.6 Å².